The van der Waals surface area contributed by atoms with Gasteiger partial charge in [-0.2, -0.15) is 0 Å². The van der Waals surface area contributed by atoms with Crippen molar-refractivity contribution in [1.82, 2.24) is 5.32 Å². The highest BCUT2D eigenvalue weighted by Crippen LogP contribution is 2.32. The van der Waals surface area contributed by atoms with Crippen LogP contribution in [0.1, 0.15) is 18.1 Å². The van der Waals surface area contributed by atoms with E-state index in [1.54, 1.807) is 26.4 Å². The summed E-state index contributed by atoms with van der Waals surface area (Å²) < 4.78 is 10.6. The van der Waals surface area contributed by atoms with Gasteiger partial charge in [-0.25, -0.2) is 4.99 Å². The van der Waals surface area contributed by atoms with E-state index < -0.39 is 0 Å². The first-order valence-electron chi connectivity index (χ1n) is 8.24. The lowest BCUT2D eigenvalue weighted by atomic mass is 10.1. The molecule has 2 aromatic rings. The van der Waals surface area contributed by atoms with E-state index in [-0.39, 0.29) is 5.91 Å². The van der Waals surface area contributed by atoms with Gasteiger partial charge in [0.25, 0.3) is 5.91 Å². The van der Waals surface area contributed by atoms with Gasteiger partial charge in [0.15, 0.2) is 5.17 Å². The van der Waals surface area contributed by atoms with Gasteiger partial charge < -0.3 is 14.8 Å². The van der Waals surface area contributed by atoms with Crippen LogP contribution in [-0.4, -0.2) is 25.3 Å². The maximum atomic E-state index is 12.3. The molecule has 3 rings (SSSR count). The van der Waals surface area contributed by atoms with Crippen molar-refractivity contribution in [3.63, 3.8) is 0 Å². The fourth-order valence-corrected chi connectivity index (χ4v) is 3.41. The molecule has 1 saturated heterocycles. The van der Waals surface area contributed by atoms with Crippen molar-refractivity contribution in [2.45, 2.75) is 13.3 Å². The molecule has 0 aliphatic carbocycles. The number of carbonyl (C=O) groups is 1. The third kappa shape index (κ3) is 3.91. The highest BCUT2D eigenvalue weighted by molar-refractivity contribution is 8.18. The zero-order chi connectivity index (χ0) is 18.5. The number of aryl methyl sites for hydroxylation is 1. The summed E-state index contributed by atoms with van der Waals surface area (Å²) in [5.74, 6) is 1.18. The molecule has 6 heteroatoms. The molecule has 0 radical (unpaired) electrons. The Balaban J connectivity index is 1.88. The van der Waals surface area contributed by atoms with Gasteiger partial charge in [0, 0.05) is 11.6 Å². The minimum atomic E-state index is -0.166. The number of carbonyl (C=O) groups excluding carboxylic acids is 1. The van der Waals surface area contributed by atoms with Crippen molar-refractivity contribution in [2.24, 2.45) is 4.99 Å². The van der Waals surface area contributed by atoms with Gasteiger partial charge in [-0.3, -0.25) is 4.79 Å². The van der Waals surface area contributed by atoms with Gasteiger partial charge in [-0.1, -0.05) is 25.1 Å². The minimum Gasteiger partial charge on any atom is -0.497 e. The Kier molecular flexibility index (Phi) is 5.63. The molecule has 1 amide bonds. The zero-order valence-corrected chi connectivity index (χ0v) is 15.7. The SMILES string of the molecule is CCc1ccccc1N=C1NC(=O)/C(=C/c2ccc(OC)cc2OC)S1. The first kappa shape index (κ1) is 18.1. The second kappa shape index (κ2) is 8.10. The summed E-state index contributed by atoms with van der Waals surface area (Å²) in [7, 11) is 3.19. The van der Waals surface area contributed by atoms with Crippen molar-refractivity contribution in [3.05, 3.63) is 58.5 Å². The molecule has 0 saturated carbocycles. The number of nitrogens with zero attached hydrogens (tertiary/aromatic N) is 1. The summed E-state index contributed by atoms with van der Waals surface area (Å²) in [5.41, 5.74) is 2.83. The molecule has 5 nitrogen and oxygen atoms in total. The van der Waals surface area contributed by atoms with Crippen molar-refractivity contribution >= 4 is 34.6 Å². The van der Waals surface area contributed by atoms with E-state index in [1.165, 1.54) is 11.8 Å². The van der Waals surface area contributed by atoms with Crippen LogP contribution in [0.2, 0.25) is 0 Å². The van der Waals surface area contributed by atoms with E-state index in [4.69, 9.17) is 9.47 Å². The number of para-hydroxylation sites is 1. The van der Waals surface area contributed by atoms with Crippen LogP contribution >= 0.6 is 11.8 Å². The maximum absolute atomic E-state index is 12.3. The number of ether oxygens (including phenoxy) is 2. The van der Waals surface area contributed by atoms with Gasteiger partial charge in [-0.05, 0) is 48.0 Å². The first-order valence-corrected chi connectivity index (χ1v) is 9.05. The Labute approximate surface area is 157 Å². The van der Waals surface area contributed by atoms with Gasteiger partial charge in [0.2, 0.25) is 0 Å². The van der Waals surface area contributed by atoms with Crippen LogP contribution in [0.5, 0.6) is 11.5 Å². The van der Waals surface area contributed by atoms with Crippen LogP contribution in [0, 0.1) is 0 Å². The van der Waals surface area contributed by atoms with E-state index >= 15 is 0 Å². The van der Waals surface area contributed by atoms with E-state index in [1.807, 2.05) is 36.4 Å². The number of aliphatic imine (C=N–C) groups is 1. The topological polar surface area (TPSA) is 59.9 Å². The molecule has 26 heavy (non-hydrogen) atoms. The molecule has 0 bridgehead atoms. The van der Waals surface area contributed by atoms with Crippen molar-refractivity contribution in [3.8, 4) is 11.5 Å². The highest BCUT2D eigenvalue weighted by Gasteiger charge is 2.24. The average molecular weight is 368 g/mol. The number of benzene rings is 2. The number of thioether (sulfide) groups is 1. The number of nitrogens with one attached hydrogen (secondary N) is 1. The lowest BCUT2D eigenvalue weighted by Gasteiger charge is -2.07. The van der Waals surface area contributed by atoms with Crippen LogP contribution in [0.3, 0.4) is 0 Å². The number of hydrogen-bond acceptors (Lipinski definition) is 5. The van der Waals surface area contributed by atoms with Crippen LogP contribution in [-0.2, 0) is 11.2 Å². The van der Waals surface area contributed by atoms with Crippen LogP contribution in [0.25, 0.3) is 6.08 Å². The fourth-order valence-electron chi connectivity index (χ4n) is 2.59. The molecule has 1 N–H and O–H groups in total. The highest BCUT2D eigenvalue weighted by atomic mass is 32.2. The minimum absolute atomic E-state index is 0.166. The van der Waals surface area contributed by atoms with Crippen LogP contribution in [0.4, 0.5) is 5.69 Å². The molecule has 0 aromatic heterocycles. The second-order valence-corrected chi connectivity index (χ2v) is 6.60. The summed E-state index contributed by atoms with van der Waals surface area (Å²) in [6.45, 7) is 2.08. The molecule has 1 heterocycles. The lowest BCUT2D eigenvalue weighted by Crippen LogP contribution is -2.19. The Morgan fingerprint density at radius 2 is 1.96 bits per heavy atom. The van der Waals surface area contributed by atoms with Gasteiger partial charge in [0.1, 0.15) is 11.5 Å². The predicted octanol–water partition coefficient (Wildman–Crippen LogP) is 4.16. The third-order valence-electron chi connectivity index (χ3n) is 3.97. The quantitative estimate of drug-likeness (QED) is 0.805. The maximum Gasteiger partial charge on any atom is 0.264 e. The number of rotatable bonds is 5. The van der Waals surface area contributed by atoms with Crippen molar-refractivity contribution in [1.29, 1.82) is 0 Å². The Morgan fingerprint density at radius 1 is 1.15 bits per heavy atom. The zero-order valence-electron chi connectivity index (χ0n) is 14.9. The fraction of sp³-hybridized carbons (Fsp3) is 0.200. The summed E-state index contributed by atoms with van der Waals surface area (Å²) >= 11 is 1.32. The molecular formula is C20H20N2O3S. The molecule has 1 fully saturated rings. The molecule has 1 aliphatic rings. The van der Waals surface area contributed by atoms with E-state index in [2.05, 4.69) is 17.2 Å². The Bertz CT molecular complexity index is 890. The average Bonchev–Trinajstić information content (AvgIpc) is 3.01. The molecule has 0 spiro atoms. The van der Waals surface area contributed by atoms with Crippen LogP contribution in [0.15, 0.2) is 52.4 Å². The third-order valence-corrected chi connectivity index (χ3v) is 4.88. The summed E-state index contributed by atoms with van der Waals surface area (Å²) in [6, 6.07) is 13.4. The standard InChI is InChI=1S/C20H20N2O3S/c1-4-13-7-5-6-8-16(13)21-20-22-19(23)18(26-20)11-14-9-10-15(24-2)12-17(14)25-3/h5-12H,4H2,1-3H3,(H,21,22,23)/b18-11-. The summed E-state index contributed by atoms with van der Waals surface area (Å²) in [4.78, 5) is 17.5. The van der Waals surface area contributed by atoms with Gasteiger partial charge in [-0.15, -0.1) is 0 Å². The van der Waals surface area contributed by atoms with Crippen molar-refractivity contribution < 1.29 is 14.3 Å². The Morgan fingerprint density at radius 3 is 2.69 bits per heavy atom. The lowest BCUT2D eigenvalue weighted by molar-refractivity contribution is -0.115. The molecule has 1 aliphatic heterocycles. The smallest absolute Gasteiger partial charge is 0.264 e. The Hall–Kier alpha value is -2.73. The molecule has 134 valence electrons. The number of amides is 1. The van der Waals surface area contributed by atoms with E-state index in [9.17, 15) is 4.79 Å². The number of methoxy groups -OCH3 is 2. The van der Waals surface area contributed by atoms with Crippen LogP contribution < -0.4 is 14.8 Å². The normalized spacial score (nSPS) is 16.8. The van der Waals surface area contributed by atoms with Crippen molar-refractivity contribution in [2.75, 3.05) is 14.2 Å². The monoisotopic (exact) mass is 368 g/mol. The summed E-state index contributed by atoms with van der Waals surface area (Å²) in [6.07, 6.45) is 2.68. The molecule has 0 atom stereocenters. The second-order valence-electron chi connectivity index (χ2n) is 5.57. The summed E-state index contributed by atoms with van der Waals surface area (Å²) in [5, 5.41) is 3.40. The number of hydrogen-bond donors (Lipinski definition) is 1. The number of amidine groups is 1. The molecular weight excluding hydrogens is 348 g/mol. The largest absolute Gasteiger partial charge is 0.497 e. The van der Waals surface area contributed by atoms with E-state index in [0.717, 1.165) is 23.2 Å². The first-order chi connectivity index (χ1) is 12.6. The van der Waals surface area contributed by atoms with Gasteiger partial charge in [0.05, 0.1) is 24.8 Å². The van der Waals surface area contributed by atoms with Gasteiger partial charge >= 0.3 is 0 Å². The predicted molar refractivity (Wildman–Crippen MR) is 106 cm³/mol. The molecule has 0 unspecified atom stereocenters. The van der Waals surface area contributed by atoms with E-state index in [0.29, 0.717) is 21.6 Å². The molecule has 2 aromatic carbocycles.